The third-order valence-corrected chi connectivity index (χ3v) is 5.59. The molecule has 7 heteroatoms. The summed E-state index contributed by atoms with van der Waals surface area (Å²) in [6.45, 7) is 2.67. The van der Waals surface area contributed by atoms with Crippen molar-refractivity contribution in [3.05, 3.63) is 71.3 Å². The summed E-state index contributed by atoms with van der Waals surface area (Å²) in [6.07, 6.45) is 6.71. The van der Waals surface area contributed by atoms with Gasteiger partial charge in [-0.25, -0.2) is 4.98 Å². The van der Waals surface area contributed by atoms with E-state index < -0.39 is 0 Å². The van der Waals surface area contributed by atoms with E-state index >= 15 is 0 Å². The standard InChI is InChI=1S/C23H24N6O/c1-15-21-19(12-20(17-8-9-17)26-22(21)28(2)27-15)23(30)25-18-13-24-29(14-18)11-10-16-6-4-3-5-7-16/h3-7,12-14,17H,8-11H2,1-2H3,(H,25,30). The van der Waals surface area contributed by atoms with Gasteiger partial charge in [-0.05, 0) is 37.8 Å². The van der Waals surface area contributed by atoms with E-state index in [0.29, 0.717) is 17.2 Å². The second kappa shape index (κ2) is 7.40. The summed E-state index contributed by atoms with van der Waals surface area (Å²) in [6, 6.07) is 12.2. The van der Waals surface area contributed by atoms with E-state index in [1.165, 1.54) is 5.56 Å². The van der Waals surface area contributed by atoms with E-state index in [4.69, 9.17) is 4.98 Å². The Bertz CT molecular complexity index is 1220. The maximum Gasteiger partial charge on any atom is 0.256 e. The maximum atomic E-state index is 13.2. The average Bonchev–Trinajstić information content (AvgIpc) is 3.45. The lowest BCUT2D eigenvalue weighted by atomic mass is 10.1. The highest BCUT2D eigenvalue weighted by molar-refractivity contribution is 6.12. The van der Waals surface area contributed by atoms with Crippen molar-refractivity contribution in [1.82, 2.24) is 24.5 Å². The first-order valence-electron chi connectivity index (χ1n) is 10.3. The highest BCUT2D eigenvalue weighted by Crippen LogP contribution is 2.40. The minimum Gasteiger partial charge on any atom is -0.319 e. The Morgan fingerprint density at radius 1 is 1.23 bits per heavy atom. The van der Waals surface area contributed by atoms with Crippen LogP contribution < -0.4 is 5.32 Å². The number of benzene rings is 1. The highest BCUT2D eigenvalue weighted by Gasteiger charge is 2.28. The quantitative estimate of drug-likeness (QED) is 0.533. The fraction of sp³-hybridized carbons (Fsp3) is 0.304. The van der Waals surface area contributed by atoms with Crippen LogP contribution in [0.2, 0.25) is 0 Å². The van der Waals surface area contributed by atoms with Crippen molar-refractivity contribution in [1.29, 1.82) is 0 Å². The van der Waals surface area contributed by atoms with Crippen molar-refractivity contribution in [3.8, 4) is 0 Å². The van der Waals surface area contributed by atoms with E-state index in [1.54, 1.807) is 10.9 Å². The van der Waals surface area contributed by atoms with Gasteiger partial charge in [0.15, 0.2) is 5.65 Å². The van der Waals surface area contributed by atoms with E-state index in [9.17, 15) is 4.79 Å². The number of nitrogens with zero attached hydrogens (tertiary/aromatic N) is 5. The first-order valence-corrected chi connectivity index (χ1v) is 10.3. The number of anilines is 1. The predicted octanol–water partition coefficient (Wildman–Crippen LogP) is 3.85. The Kier molecular flexibility index (Phi) is 4.58. The van der Waals surface area contributed by atoms with Gasteiger partial charge in [0.25, 0.3) is 5.91 Å². The summed E-state index contributed by atoms with van der Waals surface area (Å²) in [5.41, 5.74) is 5.13. The third-order valence-electron chi connectivity index (χ3n) is 5.59. The molecule has 5 rings (SSSR count). The van der Waals surface area contributed by atoms with Crippen LogP contribution in [0.5, 0.6) is 0 Å². The molecule has 1 fully saturated rings. The van der Waals surface area contributed by atoms with Crippen LogP contribution >= 0.6 is 0 Å². The van der Waals surface area contributed by atoms with Crippen molar-refractivity contribution in [2.24, 2.45) is 7.05 Å². The summed E-state index contributed by atoms with van der Waals surface area (Å²) in [5.74, 6) is 0.305. The Morgan fingerprint density at radius 2 is 2.03 bits per heavy atom. The van der Waals surface area contributed by atoms with E-state index in [-0.39, 0.29) is 5.91 Å². The highest BCUT2D eigenvalue weighted by atomic mass is 16.1. The van der Waals surface area contributed by atoms with Gasteiger partial charge in [0.05, 0.1) is 28.5 Å². The summed E-state index contributed by atoms with van der Waals surface area (Å²) >= 11 is 0. The summed E-state index contributed by atoms with van der Waals surface area (Å²) in [7, 11) is 1.87. The number of aromatic nitrogens is 5. The molecule has 0 atom stereocenters. The molecule has 4 aromatic rings. The Hall–Kier alpha value is -3.48. The van der Waals surface area contributed by atoms with Gasteiger partial charge in [-0.1, -0.05) is 30.3 Å². The summed E-state index contributed by atoms with van der Waals surface area (Å²) < 4.78 is 3.62. The number of fused-ring (bicyclic) bond motifs is 1. The Labute approximate surface area is 174 Å². The molecule has 7 nitrogen and oxygen atoms in total. The van der Waals surface area contributed by atoms with Crippen molar-refractivity contribution in [2.45, 2.75) is 38.6 Å². The lowest BCUT2D eigenvalue weighted by molar-refractivity contribution is 0.102. The molecule has 0 spiro atoms. The molecule has 30 heavy (non-hydrogen) atoms. The number of nitrogens with one attached hydrogen (secondary N) is 1. The molecule has 0 aliphatic heterocycles. The Morgan fingerprint density at radius 3 is 2.80 bits per heavy atom. The van der Waals surface area contributed by atoms with Crippen molar-refractivity contribution in [2.75, 3.05) is 5.32 Å². The monoisotopic (exact) mass is 400 g/mol. The number of rotatable bonds is 6. The number of hydrogen-bond acceptors (Lipinski definition) is 4. The van der Waals surface area contributed by atoms with Crippen LogP contribution in [0.15, 0.2) is 48.8 Å². The molecule has 0 saturated heterocycles. The number of amides is 1. The SMILES string of the molecule is Cc1nn(C)c2nc(C3CC3)cc(C(=O)Nc3cnn(CCc4ccccc4)c3)c12. The molecule has 0 bridgehead atoms. The lowest BCUT2D eigenvalue weighted by Gasteiger charge is -2.08. The molecular formula is C23H24N6O. The molecule has 0 radical (unpaired) electrons. The number of aryl methyl sites for hydroxylation is 4. The summed E-state index contributed by atoms with van der Waals surface area (Å²) in [5, 5.41) is 12.7. The molecule has 1 amide bonds. The van der Waals surface area contributed by atoms with Gasteiger partial charge >= 0.3 is 0 Å². The number of carbonyl (C=O) groups excluding carboxylic acids is 1. The third kappa shape index (κ3) is 3.58. The second-order valence-electron chi connectivity index (χ2n) is 7.96. The molecule has 1 aliphatic rings. The molecule has 152 valence electrons. The fourth-order valence-corrected chi connectivity index (χ4v) is 3.87. The average molecular weight is 400 g/mol. The topological polar surface area (TPSA) is 77.6 Å². The lowest BCUT2D eigenvalue weighted by Crippen LogP contribution is -2.13. The van der Waals surface area contributed by atoms with Crippen LogP contribution in [0.4, 0.5) is 5.69 Å². The van der Waals surface area contributed by atoms with Gasteiger partial charge in [0, 0.05) is 31.4 Å². The number of pyridine rings is 1. The number of carbonyl (C=O) groups is 1. The van der Waals surface area contributed by atoms with Crippen LogP contribution in [0, 0.1) is 6.92 Å². The van der Waals surface area contributed by atoms with Gasteiger partial charge in [0.2, 0.25) is 0 Å². The van der Waals surface area contributed by atoms with Crippen LogP contribution in [-0.2, 0) is 20.0 Å². The first kappa shape index (κ1) is 18.5. The van der Waals surface area contributed by atoms with E-state index in [2.05, 4.69) is 27.6 Å². The van der Waals surface area contributed by atoms with E-state index in [1.807, 2.05) is 49.1 Å². The number of hydrogen-bond donors (Lipinski definition) is 1. The van der Waals surface area contributed by atoms with Gasteiger partial charge < -0.3 is 5.32 Å². The molecule has 3 heterocycles. The van der Waals surface area contributed by atoms with Crippen LogP contribution in [0.3, 0.4) is 0 Å². The van der Waals surface area contributed by atoms with Gasteiger partial charge in [-0.2, -0.15) is 10.2 Å². The van der Waals surface area contributed by atoms with Crippen LogP contribution in [0.1, 0.15) is 46.1 Å². The fourth-order valence-electron chi connectivity index (χ4n) is 3.87. The zero-order chi connectivity index (χ0) is 20.7. The van der Waals surface area contributed by atoms with Gasteiger partial charge in [0.1, 0.15) is 0 Å². The van der Waals surface area contributed by atoms with E-state index in [0.717, 1.165) is 48.2 Å². The first-order chi connectivity index (χ1) is 14.6. The van der Waals surface area contributed by atoms with Crippen molar-refractivity contribution >= 4 is 22.6 Å². The minimum absolute atomic E-state index is 0.150. The molecule has 1 aliphatic carbocycles. The normalized spacial score (nSPS) is 13.7. The van der Waals surface area contributed by atoms with Crippen molar-refractivity contribution in [3.63, 3.8) is 0 Å². The molecule has 0 unspecified atom stereocenters. The zero-order valence-electron chi connectivity index (χ0n) is 17.2. The smallest absolute Gasteiger partial charge is 0.256 e. The van der Waals surface area contributed by atoms with Crippen LogP contribution in [0.25, 0.3) is 11.0 Å². The molecule has 3 aromatic heterocycles. The van der Waals surface area contributed by atoms with Gasteiger partial charge in [-0.3, -0.25) is 14.2 Å². The van der Waals surface area contributed by atoms with Crippen LogP contribution in [-0.4, -0.2) is 30.5 Å². The Balaban J connectivity index is 1.37. The molecule has 1 aromatic carbocycles. The van der Waals surface area contributed by atoms with Crippen molar-refractivity contribution < 1.29 is 4.79 Å². The second-order valence-corrected chi connectivity index (χ2v) is 7.96. The summed E-state index contributed by atoms with van der Waals surface area (Å²) in [4.78, 5) is 17.9. The molecular weight excluding hydrogens is 376 g/mol. The largest absolute Gasteiger partial charge is 0.319 e. The molecule has 1 saturated carbocycles. The predicted molar refractivity (Wildman–Crippen MR) is 116 cm³/mol. The van der Waals surface area contributed by atoms with Gasteiger partial charge in [-0.15, -0.1) is 0 Å². The molecule has 1 N–H and O–H groups in total. The minimum atomic E-state index is -0.150. The maximum absolute atomic E-state index is 13.2. The zero-order valence-corrected chi connectivity index (χ0v) is 17.2.